The first-order valence-electron chi connectivity index (χ1n) is 12.5. The van der Waals surface area contributed by atoms with Crippen molar-refractivity contribution >= 4 is 29.0 Å². The minimum absolute atomic E-state index is 0.118. The van der Waals surface area contributed by atoms with Crippen LogP contribution >= 0.6 is 11.3 Å². The van der Waals surface area contributed by atoms with Crippen LogP contribution < -0.4 is 19.8 Å². The minimum Gasteiger partial charge on any atom is -0.441 e. The van der Waals surface area contributed by atoms with E-state index in [1.807, 2.05) is 24.3 Å². The Bertz CT molecular complexity index is 1710. The first-order chi connectivity index (χ1) is 18.2. The summed E-state index contributed by atoms with van der Waals surface area (Å²) >= 11 is 1.36. The molecule has 4 heterocycles. The molecule has 2 aliphatic heterocycles. The van der Waals surface area contributed by atoms with Crippen molar-refractivity contribution in [2.24, 2.45) is 4.99 Å². The number of ether oxygens (including phenoxy) is 1. The molecule has 2 aromatic heterocycles. The minimum atomic E-state index is -0.331. The van der Waals surface area contributed by atoms with Crippen molar-refractivity contribution < 1.29 is 13.5 Å². The Balaban J connectivity index is 1.38. The third-order valence-electron chi connectivity index (χ3n) is 7.27. The summed E-state index contributed by atoms with van der Waals surface area (Å²) in [5.74, 6) is 1.10. The fourth-order valence-electron chi connectivity index (χ4n) is 5.47. The second-order valence-corrected chi connectivity index (χ2v) is 10.4. The van der Waals surface area contributed by atoms with Crippen LogP contribution in [0.15, 0.2) is 80.4 Å². The van der Waals surface area contributed by atoms with E-state index in [1.165, 1.54) is 29.0 Å². The van der Waals surface area contributed by atoms with Crippen molar-refractivity contribution in [2.45, 2.75) is 18.9 Å². The molecule has 0 spiro atoms. The van der Waals surface area contributed by atoms with Crippen LogP contribution in [0.25, 0.3) is 11.8 Å². The molecule has 1 aliphatic carbocycles. The number of anilines is 1. The average Bonchev–Trinajstić information content (AvgIpc) is 3.53. The molecular formula is C29H24FN3O3S. The molecule has 0 N–H and O–H groups in total. The molecule has 37 heavy (non-hydrogen) atoms. The highest BCUT2D eigenvalue weighted by molar-refractivity contribution is 7.07. The molecule has 6 nitrogen and oxygen atoms in total. The Kier molecular flexibility index (Phi) is 5.44. The van der Waals surface area contributed by atoms with Gasteiger partial charge >= 0.3 is 0 Å². The zero-order chi connectivity index (χ0) is 24.9. The van der Waals surface area contributed by atoms with Gasteiger partial charge in [0.1, 0.15) is 11.6 Å². The number of furan rings is 1. The lowest BCUT2D eigenvalue weighted by atomic mass is 9.83. The molecule has 186 valence electrons. The first kappa shape index (κ1) is 22.4. The van der Waals surface area contributed by atoms with Gasteiger partial charge in [0, 0.05) is 30.8 Å². The smallest absolute Gasteiger partial charge is 0.271 e. The van der Waals surface area contributed by atoms with E-state index in [-0.39, 0.29) is 17.4 Å². The zero-order valence-electron chi connectivity index (χ0n) is 20.0. The average molecular weight is 514 g/mol. The lowest BCUT2D eigenvalue weighted by molar-refractivity contribution is 0.120. The predicted molar refractivity (Wildman–Crippen MR) is 141 cm³/mol. The van der Waals surface area contributed by atoms with Crippen molar-refractivity contribution in [3.63, 3.8) is 0 Å². The van der Waals surface area contributed by atoms with E-state index >= 15 is 0 Å². The van der Waals surface area contributed by atoms with E-state index in [9.17, 15) is 9.18 Å². The zero-order valence-corrected chi connectivity index (χ0v) is 20.8. The van der Waals surface area contributed by atoms with Crippen molar-refractivity contribution in [1.82, 2.24) is 4.57 Å². The first-order valence-corrected chi connectivity index (χ1v) is 13.3. The number of allylic oxidation sites excluding steroid dienone is 1. The quantitative estimate of drug-likeness (QED) is 0.417. The highest BCUT2D eigenvalue weighted by Crippen LogP contribution is 2.41. The number of hydrogen-bond donors (Lipinski definition) is 0. The standard InChI is InChI=1S/C29H24FN3O3S/c30-20-8-5-19(6-9-20)27-23-11-7-18-3-1-2-4-22(18)26(23)31-29-33(27)28(34)24(37-29)17-21-10-12-25(36-21)32-13-15-35-16-14-32/h1-6,8-10,12,17,27H,7,11,13-16H2. The van der Waals surface area contributed by atoms with Crippen LogP contribution in [-0.4, -0.2) is 30.9 Å². The van der Waals surface area contributed by atoms with Crippen LogP contribution in [0.3, 0.4) is 0 Å². The number of aromatic nitrogens is 1. The molecule has 0 saturated carbocycles. The summed E-state index contributed by atoms with van der Waals surface area (Å²) in [6, 6.07) is 18.3. The fourth-order valence-corrected chi connectivity index (χ4v) is 6.45. The van der Waals surface area contributed by atoms with Gasteiger partial charge in [-0.2, -0.15) is 0 Å². The van der Waals surface area contributed by atoms with E-state index in [1.54, 1.807) is 22.8 Å². The SMILES string of the molecule is O=c1c(=Cc2ccc(N3CCOCC3)o2)sc2n1C(c1ccc(F)cc1)C1=C(N=2)c2ccccc2CC1. The third-order valence-corrected chi connectivity index (χ3v) is 8.25. The van der Waals surface area contributed by atoms with Crippen LogP contribution in [0, 0.1) is 5.82 Å². The molecule has 1 fully saturated rings. The van der Waals surface area contributed by atoms with Gasteiger partial charge in [-0.25, -0.2) is 9.38 Å². The van der Waals surface area contributed by atoms with Gasteiger partial charge in [-0.1, -0.05) is 47.7 Å². The molecule has 2 aromatic carbocycles. The second-order valence-electron chi connectivity index (χ2n) is 9.44. The number of benzene rings is 2. The van der Waals surface area contributed by atoms with Gasteiger partial charge < -0.3 is 14.1 Å². The number of nitrogens with zero attached hydrogens (tertiary/aromatic N) is 3. The molecule has 4 aromatic rings. The Morgan fingerprint density at radius 3 is 2.65 bits per heavy atom. The maximum Gasteiger partial charge on any atom is 0.271 e. The van der Waals surface area contributed by atoms with Crippen molar-refractivity contribution in [3.05, 3.63) is 114 Å². The van der Waals surface area contributed by atoms with Crippen LogP contribution in [0.2, 0.25) is 0 Å². The van der Waals surface area contributed by atoms with Crippen LogP contribution in [-0.2, 0) is 11.2 Å². The summed E-state index contributed by atoms with van der Waals surface area (Å²) in [4.78, 5) is 21.6. The molecule has 1 atom stereocenters. The normalized spacial score (nSPS) is 19.3. The van der Waals surface area contributed by atoms with E-state index in [0.717, 1.165) is 54.2 Å². The molecule has 3 aliphatic rings. The maximum absolute atomic E-state index is 13.8. The molecule has 0 bridgehead atoms. The number of fused-ring (bicyclic) bond motifs is 3. The number of rotatable bonds is 3. The monoisotopic (exact) mass is 513 g/mol. The van der Waals surface area contributed by atoms with Crippen LogP contribution in [0.4, 0.5) is 10.3 Å². The summed E-state index contributed by atoms with van der Waals surface area (Å²) in [5.41, 5.74) is 5.15. The summed E-state index contributed by atoms with van der Waals surface area (Å²) in [6.45, 7) is 2.90. The van der Waals surface area contributed by atoms with Gasteiger partial charge in [-0.15, -0.1) is 0 Å². The van der Waals surface area contributed by atoms with E-state index in [0.29, 0.717) is 28.3 Å². The van der Waals surface area contributed by atoms with Gasteiger partial charge in [0.05, 0.1) is 29.5 Å². The molecule has 1 unspecified atom stereocenters. The van der Waals surface area contributed by atoms with Crippen molar-refractivity contribution in [3.8, 4) is 0 Å². The van der Waals surface area contributed by atoms with Crippen molar-refractivity contribution in [1.29, 1.82) is 0 Å². The number of morpholine rings is 1. The molecule has 0 radical (unpaired) electrons. The molecule has 8 heteroatoms. The molecule has 1 saturated heterocycles. The summed E-state index contributed by atoms with van der Waals surface area (Å²) in [6.07, 6.45) is 3.47. The van der Waals surface area contributed by atoms with E-state index < -0.39 is 0 Å². The van der Waals surface area contributed by atoms with Gasteiger partial charge in [0.25, 0.3) is 5.56 Å². The van der Waals surface area contributed by atoms with Gasteiger partial charge in [-0.3, -0.25) is 9.36 Å². The second kappa shape index (κ2) is 8.97. The largest absolute Gasteiger partial charge is 0.441 e. The maximum atomic E-state index is 13.8. The number of halogens is 1. The van der Waals surface area contributed by atoms with E-state index in [2.05, 4.69) is 17.0 Å². The highest BCUT2D eigenvalue weighted by Gasteiger charge is 2.32. The molecular weight excluding hydrogens is 489 g/mol. The Labute approximate surface area is 216 Å². The fraction of sp³-hybridized carbons (Fsp3) is 0.241. The summed E-state index contributed by atoms with van der Waals surface area (Å²) < 4.78 is 27.6. The van der Waals surface area contributed by atoms with Gasteiger partial charge in [0.15, 0.2) is 10.7 Å². The van der Waals surface area contributed by atoms with Gasteiger partial charge in [-0.05, 0) is 47.7 Å². The van der Waals surface area contributed by atoms with Gasteiger partial charge in [0.2, 0.25) is 0 Å². The summed E-state index contributed by atoms with van der Waals surface area (Å²) in [7, 11) is 0. The van der Waals surface area contributed by atoms with Crippen LogP contribution in [0.1, 0.15) is 34.9 Å². The lowest BCUT2D eigenvalue weighted by Crippen LogP contribution is -2.38. The topological polar surface area (TPSA) is 60.0 Å². The highest BCUT2D eigenvalue weighted by atomic mass is 32.1. The third kappa shape index (κ3) is 3.88. The Hall–Kier alpha value is -3.75. The number of aryl methyl sites for hydroxylation is 1. The summed E-state index contributed by atoms with van der Waals surface area (Å²) in [5, 5.41) is 0. The Morgan fingerprint density at radius 1 is 1.00 bits per heavy atom. The number of hydrogen-bond acceptors (Lipinski definition) is 6. The van der Waals surface area contributed by atoms with E-state index in [4.69, 9.17) is 14.1 Å². The van der Waals surface area contributed by atoms with Crippen LogP contribution in [0.5, 0.6) is 0 Å². The lowest BCUT2D eigenvalue weighted by Gasteiger charge is -2.30. The molecule has 0 amide bonds. The predicted octanol–water partition coefficient (Wildman–Crippen LogP) is 3.89. The molecule has 7 rings (SSSR count). The number of thiazole rings is 1. The Morgan fingerprint density at radius 2 is 1.81 bits per heavy atom. The van der Waals surface area contributed by atoms with Crippen molar-refractivity contribution in [2.75, 3.05) is 31.2 Å².